The van der Waals surface area contributed by atoms with Crippen LogP contribution in [0, 0.1) is 13.8 Å². The zero-order valence-corrected chi connectivity index (χ0v) is 9.99. The van der Waals surface area contributed by atoms with Gasteiger partial charge in [0.25, 0.3) is 0 Å². The number of nitrogens with one attached hydrogen (secondary N) is 1. The molecule has 0 fully saturated rings. The second-order valence-corrected chi connectivity index (χ2v) is 4.41. The molecule has 1 aliphatic heterocycles. The molecule has 1 aromatic carbocycles. The molecule has 0 radical (unpaired) electrons. The topological polar surface area (TPSA) is 21.3 Å². The second-order valence-electron chi connectivity index (χ2n) is 4.41. The lowest BCUT2D eigenvalue weighted by atomic mass is 10.1. The van der Waals surface area contributed by atoms with Gasteiger partial charge in [-0.25, -0.2) is 0 Å². The van der Waals surface area contributed by atoms with Gasteiger partial charge in [-0.2, -0.15) is 0 Å². The van der Waals surface area contributed by atoms with Crippen LogP contribution in [0.2, 0.25) is 0 Å². The molecule has 0 spiro atoms. The van der Waals surface area contributed by atoms with E-state index in [1.165, 1.54) is 16.8 Å². The minimum Gasteiger partial charge on any atom is -0.497 e. The first-order valence-electron chi connectivity index (χ1n) is 5.87. The lowest BCUT2D eigenvalue weighted by molar-refractivity contribution is 0.135. The molecule has 0 bridgehead atoms. The van der Waals surface area contributed by atoms with Crippen LogP contribution < -0.4 is 5.32 Å². The monoisotopic (exact) mass is 217 g/mol. The standard InChI is InChI=1S/C14H19NO/c1-11-6-7-14(12(2)9-11)15-10-13-5-3-4-8-16-13/h4,6-9,13,15H,3,5,10H2,1-2H3. The highest BCUT2D eigenvalue weighted by atomic mass is 16.5. The lowest BCUT2D eigenvalue weighted by Crippen LogP contribution is -2.23. The van der Waals surface area contributed by atoms with E-state index < -0.39 is 0 Å². The summed E-state index contributed by atoms with van der Waals surface area (Å²) in [5.41, 5.74) is 3.81. The molecule has 0 saturated heterocycles. The number of ether oxygens (including phenoxy) is 1. The Morgan fingerprint density at radius 3 is 2.94 bits per heavy atom. The minimum absolute atomic E-state index is 0.311. The van der Waals surface area contributed by atoms with Gasteiger partial charge < -0.3 is 10.1 Å². The van der Waals surface area contributed by atoms with E-state index in [0.29, 0.717) is 6.10 Å². The Morgan fingerprint density at radius 1 is 1.38 bits per heavy atom. The van der Waals surface area contributed by atoms with Gasteiger partial charge in [-0.1, -0.05) is 17.7 Å². The molecule has 16 heavy (non-hydrogen) atoms. The Morgan fingerprint density at radius 2 is 2.25 bits per heavy atom. The Hall–Kier alpha value is -1.44. The van der Waals surface area contributed by atoms with Gasteiger partial charge in [0, 0.05) is 5.69 Å². The van der Waals surface area contributed by atoms with Gasteiger partial charge in [0.1, 0.15) is 6.10 Å². The molecule has 0 amide bonds. The normalized spacial score (nSPS) is 19.2. The number of hydrogen-bond donors (Lipinski definition) is 1. The van der Waals surface area contributed by atoms with Crippen LogP contribution in [0.5, 0.6) is 0 Å². The van der Waals surface area contributed by atoms with E-state index in [0.717, 1.165) is 19.4 Å². The molecule has 0 aromatic heterocycles. The van der Waals surface area contributed by atoms with Crippen LogP contribution in [0.1, 0.15) is 24.0 Å². The largest absolute Gasteiger partial charge is 0.497 e. The van der Waals surface area contributed by atoms with E-state index >= 15 is 0 Å². The maximum absolute atomic E-state index is 5.52. The molecule has 1 aromatic rings. The van der Waals surface area contributed by atoms with Gasteiger partial charge in [-0.05, 0) is 44.4 Å². The van der Waals surface area contributed by atoms with Gasteiger partial charge in [-0.3, -0.25) is 0 Å². The van der Waals surface area contributed by atoms with Crippen molar-refractivity contribution in [2.45, 2.75) is 32.8 Å². The summed E-state index contributed by atoms with van der Waals surface area (Å²) in [7, 11) is 0. The smallest absolute Gasteiger partial charge is 0.115 e. The summed E-state index contributed by atoms with van der Waals surface area (Å²) in [6.07, 6.45) is 6.43. The molecule has 0 aliphatic carbocycles. The summed E-state index contributed by atoms with van der Waals surface area (Å²) in [6.45, 7) is 5.14. The summed E-state index contributed by atoms with van der Waals surface area (Å²) in [6, 6.07) is 6.48. The molecule has 86 valence electrons. The average molecular weight is 217 g/mol. The first kappa shape index (κ1) is 11.1. The van der Waals surface area contributed by atoms with Crippen molar-refractivity contribution in [3.8, 4) is 0 Å². The molecule has 0 saturated carbocycles. The molecule has 2 rings (SSSR count). The molecular weight excluding hydrogens is 198 g/mol. The summed E-state index contributed by atoms with van der Waals surface area (Å²) >= 11 is 0. The fraction of sp³-hybridized carbons (Fsp3) is 0.429. The quantitative estimate of drug-likeness (QED) is 0.837. The van der Waals surface area contributed by atoms with Gasteiger partial charge >= 0.3 is 0 Å². The second kappa shape index (κ2) is 5.06. The zero-order chi connectivity index (χ0) is 11.4. The van der Waals surface area contributed by atoms with Gasteiger partial charge in [0.15, 0.2) is 0 Å². The maximum Gasteiger partial charge on any atom is 0.115 e. The maximum atomic E-state index is 5.52. The highest BCUT2D eigenvalue weighted by Crippen LogP contribution is 2.17. The van der Waals surface area contributed by atoms with Crippen molar-refractivity contribution in [2.75, 3.05) is 11.9 Å². The fourth-order valence-corrected chi connectivity index (χ4v) is 1.97. The van der Waals surface area contributed by atoms with Crippen LogP contribution in [0.3, 0.4) is 0 Å². The van der Waals surface area contributed by atoms with Crippen molar-refractivity contribution < 1.29 is 4.74 Å². The number of benzene rings is 1. The summed E-state index contributed by atoms with van der Waals surface area (Å²) < 4.78 is 5.52. The van der Waals surface area contributed by atoms with E-state index in [2.05, 4.69) is 43.4 Å². The van der Waals surface area contributed by atoms with E-state index in [1.54, 1.807) is 0 Å². The summed E-state index contributed by atoms with van der Waals surface area (Å²) in [5.74, 6) is 0. The van der Waals surface area contributed by atoms with Crippen LogP contribution in [0.15, 0.2) is 30.5 Å². The van der Waals surface area contributed by atoms with Crippen LogP contribution in [-0.2, 0) is 4.74 Å². The molecule has 2 nitrogen and oxygen atoms in total. The number of allylic oxidation sites excluding steroid dienone is 1. The molecule has 1 N–H and O–H groups in total. The first-order chi connectivity index (χ1) is 7.75. The SMILES string of the molecule is Cc1ccc(NCC2CCC=CO2)c(C)c1. The minimum atomic E-state index is 0.311. The highest BCUT2D eigenvalue weighted by molar-refractivity contribution is 5.51. The third-order valence-electron chi connectivity index (χ3n) is 2.92. The van der Waals surface area contributed by atoms with Crippen LogP contribution in [-0.4, -0.2) is 12.6 Å². The molecule has 1 aliphatic rings. The molecule has 1 heterocycles. The predicted octanol–water partition coefficient (Wildman–Crippen LogP) is 3.41. The van der Waals surface area contributed by atoms with E-state index in [-0.39, 0.29) is 0 Å². The summed E-state index contributed by atoms with van der Waals surface area (Å²) in [4.78, 5) is 0. The van der Waals surface area contributed by atoms with Crippen molar-refractivity contribution >= 4 is 5.69 Å². The Labute approximate surface area is 97.3 Å². The Balaban J connectivity index is 1.91. The predicted molar refractivity (Wildman–Crippen MR) is 67.7 cm³/mol. The molecular formula is C14H19NO. The number of aryl methyl sites for hydroxylation is 2. The first-order valence-corrected chi connectivity index (χ1v) is 5.87. The van der Waals surface area contributed by atoms with Gasteiger partial charge in [0.2, 0.25) is 0 Å². The molecule has 1 unspecified atom stereocenters. The van der Waals surface area contributed by atoms with E-state index in [4.69, 9.17) is 4.74 Å². The van der Waals surface area contributed by atoms with Gasteiger partial charge in [-0.15, -0.1) is 0 Å². The van der Waals surface area contributed by atoms with Crippen molar-refractivity contribution in [2.24, 2.45) is 0 Å². The van der Waals surface area contributed by atoms with Crippen molar-refractivity contribution in [3.05, 3.63) is 41.7 Å². The van der Waals surface area contributed by atoms with Crippen LogP contribution in [0.4, 0.5) is 5.69 Å². The van der Waals surface area contributed by atoms with Crippen molar-refractivity contribution in [3.63, 3.8) is 0 Å². The number of hydrogen-bond acceptors (Lipinski definition) is 2. The number of anilines is 1. The fourth-order valence-electron chi connectivity index (χ4n) is 1.97. The van der Waals surface area contributed by atoms with Gasteiger partial charge in [0.05, 0.1) is 12.8 Å². The van der Waals surface area contributed by atoms with E-state index in [1.807, 2.05) is 6.26 Å². The van der Waals surface area contributed by atoms with Crippen LogP contribution >= 0.6 is 0 Å². The Bertz CT molecular complexity index is 384. The number of rotatable bonds is 3. The summed E-state index contributed by atoms with van der Waals surface area (Å²) in [5, 5.41) is 3.45. The Kier molecular flexibility index (Phi) is 3.50. The van der Waals surface area contributed by atoms with Crippen LogP contribution in [0.25, 0.3) is 0 Å². The third-order valence-corrected chi connectivity index (χ3v) is 2.92. The average Bonchev–Trinajstić information content (AvgIpc) is 2.29. The van der Waals surface area contributed by atoms with Crippen molar-refractivity contribution in [1.29, 1.82) is 0 Å². The molecule has 1 atom stereocenters. The highest BCUT2D eigenvalue weighted by Gasteiger charge is 2.10. The zero-order valence-electron chi connectivity index (χ0n) is 9.99. The lowest BCUT2D eigenvalue weighted by Gasteiger charge is -2.21. The van der Waals surface area contributed by atoms with Crippen molar-refractivity contribution in [1.82, 2.24) is 0 Å². The van der Waals surface area contributed by atoms with E-state index in [9.17, 15) is 0 Å². The third kappa shape index (κ3) is 2.78. The molecule has 2 heteroatoms.